The Morgan fingerprint density at radius 1 is 0.946 bits per heavy atom. The second-order valence-electron chi connectivity index (χ2n) is 8.50. The summed E-state index contributed by atoms with van der Waals surface area (Å²) < 4.78 is 13.6. The molecule has 0 saturated heterocycles. The number of imide groups is 1. The van der Waals surface area contributed by atoms with Gasteiger partial charge >= 0.3 is 0 Å². The van der Waals surface area contributed by atoms with Crippen LogP contribution in [-0.4, -0.2) is 17.7 Å². The summed E-state index contributed by atoms with van der Waals surface area (Å²) in [5.41, 5.74) is 4.30. The second-order valence-corrected chi connectivity index (χ2v) is 9.29. The highest BCUT2D eigenvalue weighted by atomic mass is 35.5. The van der Waals surface area contributed by atoms with Crippen molar-refractivity contribution in [2.24, 2.45) is 0 Å². The van der Waals surface area contributed by atoms with Crippen LogP contribution in [0.1, 0.15) is 40.9 Å². The van der Waals surface area contributed by atoms with Crippen molar-refractivity contribution in [1.29, 1.82) is 0 Å². The van der Waals surface area contributed by atoms with Crippen LogP contribution in [0.2, 0.25) is 5.02 Å². The molecule has 0 spiro atoms. The summed E-state index contributed by atoms with van der Waals surface area (Å²) in [7, 11) is 0. The fourth-order valence-corrected chi connectivity index (χ4v) is 4.48. The van der Waals surface area contributed by atoms with Gasteiger partial charge in [-0.1, -0.05) is 61.3 Å². The Balaban J connectivity index is 1.61. The molecule has 1 aliphatic heterocycles. The van der Waals surface area contributed by atoms with Gasteiger partial charge in [-0.3, -0.25) is 14.4 Å². The Hall–Kier alpha value is -3.68. The van der Waals surface area contributed by atoms with E-state index >= 15 is 0 Å². The van der Waals surface area contributed by atoms with Gasteiger partial charge in [0.1, 0.15) is 16.5 Å². The van der Waals surface area contributed by atoms with E-state index < -0.39 is 17.6 Å². The van der Waals surface area contributed by atoms with Gasteiger partial charge < -0.3 is 10.6 Å². The molecule has 0 aromatic heterocycles. The number of rotatable bonds is 7. The number of carbonyl (C=O) groups is 3. The van der Waals surface area contributed by atoms with Crippen molar-refractivity contribution in [1.82, 2.24) is 0 Å². The van der Waals surface area contributed by atoms with Gasteiger partial charge in [0, 0.05) is 16.9 Å². The Morgan fingerprint density at radius 2 is 1.62 bits per heavy atom. The first-order valence-electron chi connectivity index (χ1n) is 11.7. The van der Waals surface area contributed by atoms with Crippen LogP contribution in [0.5, 0.6) is 0 Å². The predicted octanol–water partition coefficient (Wildman–Crippen LogP) is 6.60. The monoisotopic (exact) mass is 539 g/mol. The third-order valence-electron chi connectivity index (χ3n) is 6.19. The van der Waals surface area contributed by atoms with Gasteiger partial charge in [-0.15, -0.1) is 0 Å². The summed E-state index contributed by atoms with van der Waals surface area (Å²) in [6.45, 7) is 5.84. The maximum Gasteiger partial charge on any atom is 0.283 e. The lowest BCUT2D eigenvalue weighted by atomic mass is 10.0. The van der Waals surface area contributed by atoms with E-state index in [-0.39, 0.29) is 27.3 Å². The molecule has 0 saturated carbocycles. The lowest BCUT2D eigenvalue weighted by Gasteiger charge is -2.17. The molecule has 0 fully saturated rings. The highest BCUT2D eigenvalue weighted by Gasteiger charge is 2.39. The zero-order valence-electron chi connectivity index (χ0n) is 20.4. The second kappa shape index (κ2) is 10.7. The molecule has 0 aliphatic carbocycles. The van der Waals surface area contributed by atoms with Crippen molar-refractivity contribution in [3.05, 3.63) is 98.4 Å². The summed E-state index contributed by atoms with van der Waals surface area (Å²) in [5.74, 6) is -2.49. The lowest BCUT2D eigenvalue weighted by Crippen LogP contribution is -2.32. The van der Waals surface area contributed by atoms with Crippen molar-refractivity contribution >= 4 is 58.0 Å². The van der Waals surface area contributed by atoms with Crippen LogP contribution >= 0.6 is 23.2 Å². The minimum Gasteiger partial charge on any atom is -0.349 e. The number of para-hydroxylation sites is 1. The number of hydrogen-bond acceptors (Lipinski definition) is 4. The topological polar surface area (TPSA) is 78.5 Å². The molecular weight excluding hydrogens is 516 g/mol. The van der Waals surface area contributed by atoms with E-state index in [1.807, 2.05) is 32.0 Å². The van der Waals surface area contributed by atoms with E-state index in [4.69, 9.17) is 23.2 Å². The molecule has 190 valence electrons. The molecule has 3 amide bonds. The summed E-state index contributed by atoms with van der Waals surface area (Å²) in [5, 5.41) is 5.38. The van der Waals surface area contributed by atoms with Gasteiger partial charge in [-0.05, 0) is 66.8 Å². The van der Waals surface area contributed by atoms with Crippen LogP contribution in [0.4, 0.5) is 21.5 Å². The third kappa shape index (κ3) is 5.10. The van der Waals surface area contributed by atoms with Gasteiger partial charge in [-0.25, -0.2) is 9.29 Å². The molecule has 0 atom stereocenters. The van der Waals surface area contributed by atoms with E-state index in [2.05, 4.69) is 10.6 Å². The number of amides is 3. The van der Waals surface area contributed by atoms with Crippen LogP contribution in [0.25, 0.3) is 0 Å². The normalized spacial score (nSPS) is 13.4. The van der Waals surface area contributed by atoms with Gasteiger partial charge in [0.05, 0.1) is 10.7 Å². The molecule has 4 rings (SSSR count). The fourth-order valence-electron chi connectivity index (χ4n) is 4.09. The van der Waals surface area contributed by atoms with Crippen LogP contribution in [0, 0.1) is 12.7 Å². The van der Waals surface area contributed by atoms with E-state index in [0.717, 1.165) is 46.2 Å². The molecule has 1 aliphatic rings. The first kappa shape index (κ1) is 26.4. The minimum absolute atomic E-state index is 0.0857. The number of nitrogens with one attached hydrogen (secondary N) is 2. The highest BCUT2D eigenvalue weighted by Crippen LogP contribution is 2.33. The Bertz CT molecular complexity index is 1450. The number of anilines is 3. The van der Waals surface area contributed by atoms with Gasteiger partial charge in [0.2, 0.25) is 0 Å². The molecule has 37 heavy (non-hydrogen) atoms. The van der Waals surface area contributed by atoms with Crippen molar-refractivity contribution < 1.29 is 18.8 Å². The highest BCUT2D eigenvalue weighted by molar-refractivity contribution is 6.53. The Morgan fingerprint density at radius 3 is 2.24 bits per heavy atom. The first-order chi connectivity index (χ1) is 17.7. The van der Waals surface area contributed by atoms with Crippen molar-refractivity contribution in [3.63, 3.8) is 0 Å². The zero-order chi connectivity index (χ0) is 26.9. The van der Waals surface area contributed by atoms with Crippen LogP contribution < -0.4 is 15.5 Å². The maximum atomic E-state index is 13.6. The number of benzene rings is 3. The molecule has 3 aromatic rings. The number of halogens is 3. The molecule has 3 aromatic carbocycles. The molecule has 2 N–H and O–H groups in total. The molecule has 0 unspecified atom stereocenters. The zero-order valence-corrected chi connectivity index (χ0v) is 21.9. The van der Waals surface area contributed by atoms with Crippen LogP contribution in [0.3, 0.4) is 0 Å². The average molecular weight is 540 g/mol. The SMILES string of the molecule is CCc1cccc(CC)c1NC(=O)c1ccc(C)c(NC2=C(Cl)C(=O)N(c3ccc(F)c(Cl)c3)C2=O)c1. The first-order valence-corrected chi connectivity index (χ1v) is 12.4. The number of nitrogens with zero attached hydrogens (tertiary/aromatic N) is 1. The molecule has 6 nitrogen and oxygen atoms in total. The smallest absolute Gasteiger partial charge is 0.283 e. The van der Waals surface area contributed by atoms with Crippen LogP contribution in [-0.2, 0) is 22.4 Å². The van der Waals surface area contributed by atoms with Crippen molar-refractivity contribution in [3.8, 4) is 0 Å². The Labute approximate surface area is 224 Å². The molecule has 9 heteroatoms. The summed E-state index contributed by atoms with van der Waals surface area (Å²) in [6.07, 6.45) is 1.53. The van der Waals surface area contributed by atoms with Crippen molar-refractivity contribution in [2.45, 2.75) is 33.6 Å². The van der Waals surface area contributed by atoms with E-state index in [0.29, 0.717) is 11.3 Å². The molecule has 1 heterocycles. The lowest BCUT2D eigenvalue weighted by molar-refractivity contribution is -0.120. The fraction of sp³-hybridized carbons (Fsp3) is 0.179. The number of carbonyl (C=O) groups excluding carboxylic acids is 3. The Kier molecular flexibility index (Phi) is 7.66. The number of aryl methyl sites for hydroxylation is 3. The van der Waals surface area contributed by atoms with E-state index in [9.17, 15) is 18.8 Å². The van der Waals surface area contributed by atoms with E-state index in [1.165, 1.54) is 12.1 Å². The summed E-state index contributed by atoms with van der Waals surface area (Å²) in [4.78, 5) is 39.9. The summed E-state index contributed by atoms with van der Waals surface area (Å²) >= 11 is 12.1. The standard InChI is InChI=1S/C28H24Cl2FN3O3/c1-4-16-7-6-8-17(5-2)24(16)33-26(35)18-10-9-15(3)22(13-18)32-25-23(30)27(36)34(28(25)37)19-11-12-21(31)20(29)14-19/h6-14,32H,4-5H2,1-3H3,(H,33,35). The average Bonchev–Trinajstić information content (AvgIpc) is 3.09. The molecule has 0 radical (unpaired) electrons. The summed E-state index contributed by atoms with van der Waals surface area (Å²) in [6, 6.07) is 14.4. The molecular formula is C28H24Cl2FN3O3. The van der Waals surface area contributed by atoms with E-state index in [1.54, 1.807) is 25.1 Å². The minimum atomic E-state index is -0.772. The number of hydrogen-bond donors (Lipinski definition) is 2. The van der Waals surface area contributed by atoms with Gasteiger partial charge in [0.25, 0.3) is 17.7 Å². The molecule has 0 bridgehead atoms. The quantitative estimate of drug-likeness (QED) is 0.331. The maximum absolute atomic E-state index is 13.6. The third-order valence-corrected chi connectivity index (χ3v) is 6.83. The largest absolute Gasteiger partial charge is 0.349 e. The predicted molar refractivity (Wildman–Crippen MR) is 145 cm³/mol. The van der Waals surface area contributed by atoms with Gasteiger partial charge in [0.15, 0.2) is 0 Å². The van der Waals surface area contributed by atoms with Crippen molar-refractivity contribution in [2.75, 3.05) is 15.5 Å². The van der Waals surface area contributed by atoms with Gasteiger partial charge in [-0.2, -0.15) is 0 Å². The van der Waals surface area contributed by atoms with Crippen LogP contribution in [0.15, 0.2) is 65.3 Å².